The number of aryl methyl sites for hydroxylation is 1. The van der Waals surface area contributed by atoms with Crippen LogP contribution in [0.1, 0.15) is 43.1 Å². The van der Waals surface area contributed by atoms with E-state index in [2.05, 4.69) is 32.7 Å². The number of nitrogens with one attached hydrogen (secondary N) is 2. The van der Waals surface area contributed by atoms with E-state index in [0.29, 0.717) is 16.9 Å². The van der Waals surface area contributed by atoms with Gasteiger partial charge in [-0.2, -0.15) is 0 Å². The molecule has 4 aromatic carbocycles. The van der Waals surface area contributed by atoms with Gasteiger partial charge in [-0.15, -0.1) is 0 Å². The molecule has 228 valence electrons. The Morgan fingerprint density at radius 1 is 0.822 bits per heavy atom. The van der Waals surface area contributed by atoms with Gasteiger partial charge in [-0.05, 0) is 85.0 Å². The highest BCUT2D eigenvalue weighted by atomic mass is 16.5. The molecule has 0 unspecified atom stereocenters. The Kier molecular flexibility index (Phi) is 8.75. The van der Waals surface area contributed by atoms with Crippen molar-refractivity contribution in [3.05, 3.63) is 125 Å². The number of hydrogen-bond donors (Lipinski definition) is 2. The Hall–Kier alpha value is -5.21. The summed E-state index contributed by atoms with van der Waals surface area (Å²) in [5.74, 6) is 0.864. The van der Waals surface area contributed by atoms with Crippen LogP contribution in [0.4, 0.5) is 11.4 Å². The largest absolute Gasteiger partial charge is 0.493 e. The summed E-state index contributed by atoms with van der Waals surface area (Å²) in [5, 5.41) is 6.82. The van der Waals surface area contributed by atoms with Crippen LogP contribution >= 0.6 is 0 Å². The van der Waals surface area contributed by atoms with Crippen LogP contribution in [-0.2, 0) is 19.4 Å². The van der Waals surface area contributed by atoms with E-state index in [1.54, 1.807) is 32.4 Å². The van der Waals surface area contributed by atoms with Gasteiger partial charge in [-0.25, -0.2) is 4.98 Å². The SMILES string of the molecule is COc1cc2c(cc1OC)CN(CCc1ccc(NC(=O)c3cc(C)ccc3NC(=O)c3ccc4ccccc4n3)cc1)CC2. The number of carbonyl (C=O) groups is 2. The van der Waals surface area contributed by atoms with Gasteiger partial charge in [0.15, 0.2) is 11.5 Å². The minimum absolute atomic E-state index is 0.282. The molecule has 8 heteroatoms. The molecule has 8 nitrogen and oxygen atoms in total. The third-order valence-corrected chi connectivity index (χ3v) is 8.22. The van der Waals surface area contributed by atoms with Crippen molar-refractivity contribution in [2.24, 2.45) is 0 Å². The lowest BCUT2D eigenvalue weighted by atomic mass is 9.98. The predicted molar refractivity (Wildman–Crippen MR) is 178 cm³/mol. The van der Waals surface area contributed by atoms with Gasteiger partial charge in [-0.3, -0.25) is 14.5 Å². The van der Waals surface area contributed by atoms with E-state index < -0.39 is 0 Å². The van der Waals surface area contributed by atoms with Crippen LogP contribution in [0.5, 0.6) is 11.5 Å². The maximum atomic E-state index is 13.4. The van der Waals surface area contributed by atoms with Gasteiger partial charge in [0.25, 0.3) is 11.8 Å². The number of rotatable bonds is 9. The number of nitrogens with zero attached hydrogens (tertiary/aromatic N) is 2. The van der Waals surface area contributed by atoms with Crippen molar-refractivity contribution in [3.63, 3.8) is 0 Å². The average Bonchev–Trinajstić information content (AvgIpc) is 3.07. The van der Waals surface area contributed by atoms with Crippen molar-refractivity contribution in [2.45, 2.75) is 26.3 Å². The normalized spacial score (nSPS) is 12.8. The summed E-state index contributed by atoms with van der Waals surface area (Å²) in [4.78, 5) is 33.4. The third kappa shape index (κ3) is 6.81. The number of hydrogen-bond acceptors (Lipinski definition) is 6. The lowest BCUT2D eigenvalue weighted by molar-refractivity contribution is 0.102. The zero-order valence-corrected chi connectivity index (χ0v) is 25.7. The first kappa shape index (κ1) is 29.8. The lowest BCUT2D eigenvalue weighted by Gasteiger charge is -2.29. The van der Waals surface area contributed by atoms with E-state index in [4.69, 9.17) is 9.47 Å². The van der Waals surface area contributed by atoms with Crippen LogP contribution in [0.25, 0.3) is 10.9 Å². The van der Waals surface area contributed by atoms with Gasteiger partial charge in [0.2, 0.25) is 0 Å². The second kappa shape index (κ2) is 13.2. The number of pyridine rings is 1. The van der Waals surface area contributed by atoms with Gasteiger partial charge in [-0.1, -0.05) is 48.0 Å². The summed E-state index contributed by atoms with van der Waals surface area (Å²) >= 11 is 0. The fourth-order valence-corrected chi connectivity index (χ4v) is 5.71. The highest BCUT2D eigenvalue weighted by Gasteiger charge is 2.20. The van der Waals surface area contributed by atoms with Crippen LogP contribution in [0.15, 0.2) is 91.0 Å². The standard InChI is InChI=1S/C37H36N4O4/c1-24-8-14-32(40-37(43)33-15-11-26-6-4-5-7-31(26)39-33)30(20-24)36(42)38-29-12-9-25(10-13-29)16-18-41-19-17-27-21-34(44-2)35(45-3)22-28(27)23-41/h4-15,20-22H,16-19,23H2,1-3H3,(H,38,42)(H,40,43). The van der Waals surface area contributed by atoms with E-state index in [1.165, 1.54) is 16.7 Å². The predicted octanol–water partition coefficient (Wildman–Crippen LogP) is 6.67. The van der Waals surface area contributed by atoms with Crippen molar-refractivity contribution in [1.82, 2.24) is 9.88 Å². The number of para-hydroxylation sites is 1. The first-order valence-electron chi connectivity index (χ1n) is 15.0. The highest BCUT2D eigenvalue weighted by Crippen LogP contribution is 2.33. The topological polar surface area (TPSA) is 92.8 Å². The fourth-order valence-electron chi connectivity index (χ4n) is 5.71. The number of benzene rings is 4. The van der Waals surface area contributed by atoms with Crippen LogP contribution in [0, 0.1) is 6.92 Å². The lowest BCUT2D eigenvalue weighted by Crippen LogP contribution is -2.32. The van der Waals surface area contributed by atoms with Crippen LogP contribution < -0.4 is 20.1 Å². The summed E-state index contributed by atoms with van der Waals surface area (Å²) in [5.41, 5.74) is 7.20. The van der Waals surface area contributed by atoms with E-state index >= 15 is 0 Å². The molecule has 6 rings (SSSR count). The molecule has 0 saturated carbocycles. The first-order chi connectivity index (χ1) is 21.9. The molecule has 0 atom stereocenters. The maximum absolute atomic E-state index is 13.4. The minimum Gasteiger partial charge on any atom is -0.493 e. The fraction of sp³-hybridized carbons (Fsp3) is 0.216. The molecule has 45 heavy (non-hydrogen) atoms. The summed E-state index contributed by atoms with van der Waals surface area (Å²) in [6.07, 6.45) is 1.87. The second-order valence-corrected chi connectivity index (χ2v) is 11.3. The number of methoxy groups -OCH3 is 2. The van der Waals surface area contributed by atoms with Crippen molar-refractivity contribution in [3.8, 4) is 11.5 Å². The molecule has 2 amide bonds. The Bertz CT molecular complexity index is 1870. The molecule has 5 aromatic rings. The van der Waals surface area contributed by atoms with Gasteiger partial charge in [0, 0.05) is 30.7 Å². The Labute approximate surface area is 263 Å². The van der Waals surface area contributed by atoms with Crippen LogP contribution in [0.2, 0.25) is 0 Å². The number of aromatic nitrogens is 1. The average molecular weight is 601 g/mol. The second-order valence-electron chi connectivity index (χ2n) is 11.3. The molecule has 0 saturated heterocycles. The molecule has 1 aromatic heterocycles. The van der Waals surface area contributed by atoms with E-state index in [9.17, 15) is 9.59 Å². The van der Waals surface area contributed by atoms with E-state index in [1.807, 2.05) is 67.6 Å². The molecule has 0 radical (unpaired) electrons. The summed E-state index contributed by atoms with van der Waals surface area (Å²) in [7, 11) is 3.33. The smallest absolute Gasteiger partial charge is 0.274 e. The number of carbonyl (C=O) groups excluding carboxylic acids is 2. The Morgan fingerprint density at radius 3 is 2.36 bits per heavy atom. The van der Waals surface area contributed by atoms with Crippen molar-refractivity contribution in [1.29, 1.82) is 0 Å². The number of fused-ring (bicyclic) bond motifs is 2. The number of anilines is 2. The summed E-state index contributed by atoms with van der Waals surface area (Å²) in [6, 6.07) is 28.7. The number of ether oxygens (including phenoxy) is 2. The third-order valence-electron chi connectivity index (χ3n) is 8.22. The van der Waals surface area contributed by atoms with Crippen molar-refractivity contribution in [2.75, 3.05) is 37.9 Å². The molecule has 2 N–H and O–H groups in total. The molecular formula is C37H36N4O4. The summed E-state index contributed by atoms with van der Waals surface area (Å²) in [6.45, 7) is 4.70. The van der Waals surface area contributed by atoms with Gasteiger partial charge < -0.3 is 20.1 Å². The van der Waals surface area contributed by atoms with E-state index in [0.717, 1.165) is 60.4 Å². The molecule has 1 aliphatic rings. The van der Waals surface area contributed by atoms with Gasteiger partial charge in [0.1, 0.15) is 5.69 Å². The Morgan fingerprint density at radius 2 is 1.58 bits per heavy atom. The highest BCUT2D eigenvalue weighted by molar-refractivity contribution is 6.12. The molecule has 1 aliphatic heterocycles. The zero-order valence-electron chi connectivity index (χ0n) is 25.7. The van der Waals surface area contributed by atoms with Crippen LogP contribution in [-0.4, -0.2) is 49.0 Å². The molecule has 0 aliphatic carbocycles. The first-order valence-corrected chi connectivity index (χ1v) is 15.0. The van der Waals surface area contributed by atoms with E-state index in [-0.39, 0.29) is 17.5 Å². The Balaban J connectivity index is 1.08. The minimum atomic E-state index is -0.376. The summed E-state index contributed by atoms with van der Waals surface area (Å²) < 4.78 is 11.0. The maximum Gasteiger partial charge on any atom is 0.274 e. The van der Waals surface area contributed by atoms with Crippen LogP contribution in [0.3, 0.4) is 0 Å². The zero-order chi connectivity index (χ0) is 31.3. The van der Waals surface area contributed by atoms with Gasteiger partial charge in [0.05, 0.1) is 31.0 Å². The van der Waals surface area contributed by atoms with Crippen molar-refractivity contribution < 1.29 is 19.1 Å². The van der Waals surface area contributed by atoms with Gasteiger partial charge >= 0.3 is 0 Å². The number of amides is 2. The quantitative estimate of drug-likeness (QED) is 0.196. The molecule has 0 spiro atoms. The molecule has 2 heterocycles. The molecular weight excluding hydrogens is 564 g/mol. The van der Waals surface area contributed by atoms with Crippen molar-refractivity contribution >= 4 is 34.1 Å². The molecule has 0 fully saturated rings. The monoisotopic (exact) mass is 600 g/mol. The molecule has 0 bridgehead atoms.